The second-order valence-corrected chi connectivity index (χ2v) is 2.82. The number of rotatable bonds is 1. The molecule has 2 aromatic rings. The van der Waals surface area contributed by atoms with Crippen LogP contribution >= 0.6 is 0 Å². The molecule has 0 atom stereocenters. The molecule has 0 unspecified atom stereocenters. The summed E-state index contributed by atoms with van der Waals surface area (Å²) in [4.78, 5) is 10.9. The molecule has 0 spiro atoms. The summed E-state index contributed by atoms with van der Waals surface area (Å²) in [6.45, 7) is 0. The molecule has 14 heavy (non-hydrogen) atoms. The van der Waals surface area contributed by atoms with Gasteiger partial charge in [-0.05, 0) is 6.07 Å². The molecule has 1 aromatic heterocycles. The van der Waals surface area contributed by atoms with Gasteiger partial charge in [-0.15, -0.1) is 0 Å². The van der Waals surface area contributed by atoms with Crippen molar-refractivity contribution in [1.82, 2.24) is 0 Å². The zero-order valence-corrected chi connectivity index (χ0v) is 7.04. The zero-order chi connectivity index (χ0) is 10.1. The Labute approximate surface area is 77.8 Å². The van der Waals surface area contributed by atoms with Gasteiger partial charge in [0.25, 0.3) is 6.43 Å². The summed E-state index contributed by atoms with van der Waals surface area (Å²) in [7, 11) is 0. The van der Waals surface area contributed by atoms with Crippen molar-refractivity contribution in [3.05, 3.63) is 46.3 Å². The third-order valence-corrected chi connectivity index (χ3v) is 1.92. The van der Waals surface area contributed by atoms with E-state index in [0.717, 1.165) is 6.07 Å². The summed E-state index contributed by atoms with van der Waals surface area (Å²) in [5, 5.41) is 0.280. The van der Waals surface area contributed by atoms with Gasteiger partial charge in [0.15, 0.2) is 0 Å². The van der Waals surface area contributed by atoms with Crippen molar-refractivity contribution in [3.8, 4) is 0 Å². The standard InChI is InChI=1S/C10H6F2O2/c11-10(12)7-5-9(13)14-8-4-2-1-3-6(7)8/h1-5,10H. The smallest absolute Gasteiger partial charge is 0.336 e. The Balaban J connectivity index is 2.87. The average molecular weight is 196 g/mol. The number of hydrogen-bond donors (Lipinski definition) is 0. The number of alkyl halides is 2. The van der Waals surface area contributed by atoms with Crippen LogP contribution in [0.2, 0.25) is 0 Å². The molecular weight excluding hydrogens is 190 g/mol. The highest BCUT2D eigenvalue weighted by atomic mass is 19.3. The highest BCUT2D eigenvalue weighted by Crippen LogP contribution is 2.25. The van der Waals surface area contributed by atoms with Crippen molar-refractivity contribution in [2.24, 2.45) is 0 Å². The predicted octanol–water partition coefficient (Wildman–Crippen LogP) is 2.73. The monoisotopic (exact) mass is 196 g/mol. The maximum Gasteiger partial charge on any atom is 0.336 e. The normalized spacial score (nSPS) is 11.1. The fraction of sp³-hybridized carbons (Fsp3) is 0.100. The lowest BCUT2D eigenvalue weighted by molar-refractivity contribution is 0.152. The Hall–Kier alpha value is -1.71. The van der Waals surface area contributed by atoms with Crippen molar-refractivity contribution in [3.63, 3.8) is 0 Å². The molecule has 0 saturated carbocycles. The first-order valence-electron chi connectivity index (χ1n) is 3.99. The average Bonchev–Trinajstić information content (AvgIpc) is 2.16. The van der Waals surface area contributed by atoms with E-state index in [2.05, 4.69) is 0 Å². The molecule has 0 aliphatic carbocycles. The van der Waals surface area contributed by atoms with E-state index in [9.17, 15) is 13.6 Å². The van der Waals surface area contributed by atoms with Crippen LogP contribution in [-0.2, 0) is 0 Å². The highest BCUT2D eigenvalue weighted by molar-refractivity contribution is 5.80. The molecule has 0 fully saturated rings. The molecule has 0 radical (unpaired) electrons. The van der Waals surface area contributed by atoms with E-state index in [4.69, 9.17) is 4.42 Å². The molecule has 1 aromatic carbocycles. The van der Waals surface area contributed by atoms with Crippen molar-refractivity contribution >= 4 is 11.0 Å². The van der Waals surface area contributed by atoms with E-state index in [1.807, 2.05) is 0 Å². The fourth-order valence-electron chi connectivity index (χ4n) is 1.32. The minimum atomic E-state index is -2.66. The molecule has 0 aliphatic heterocycles. The van der Waals surface area contributed by atoms with Crippen molar-refractivity contribution in [2.45, 2.75) is 6.43 Å². The lowest BCUT2D eigenvalue weighted by Crippen LogP contribution is -2.00. The first-order chi connectivity index (χ1) is 6.68. The minimum absolute atomic E-state index is 0.190. The van der Waals surface area contributed by atoms with Gasteiger partial charge >= 0.3 is 5.63 Å². The topological polar surface area (TPSA) is 30.2 Å². The maximum atomic E-state index is 12.5. The van der Waals surface area contributed by atoms with Gasteiger partial charge in [-0.25, -0.2) is 13.6 Å². The number of hydrogen-bond acceptors (Lipinski definition) is 2. The number of benzene rings is 1. The van der Waals surface area contributed by atoms with Crippen molar-refractivity contribution in [1.29, 1.82) is 0 Å². The minimum Gasteiger partial charge on any atom is -0.423 e. The Bertz CT molecular complexity index is 517. The molecule has 1 heterocycles. The van der Waals surface area contributed by atoms with Gasteiger partial charge in [-0.3, -0.25) is 0 Å². The van der Waals surface area contributed by atoms with Crippen LogP contribution in [-0.4, -0.2) is 0 Å². The third-order valence-electron chi connectivity index (χ3n) is 1.92. The fourth-order valence-corrected chi connectivity index (χ4v) is 1.32. The van der Waals surface area contributed by atoms with Crippen molar-refractivity contribution in [2.75, 3.05) is 0 Å². The molecule has 72 valence electrons. The van der Waals surface area contributed by atoms with Crippen LogP contribution < -0.4 is 5.63 Å². The third kappa shape index (κ3) is 1.39. The van der Waals surface area contributed by atoms with E-state index >= 15 is 0 Å². The molecule has 2 rings (SSSR count). The maximum absolute atomic E-state index is 12.5. The summed E-state index contributed by atoms with van der Waals surface area (Å²) in [6.07, 6.45) is -2.66. The first kappa shape index (κ1) is 8.87. The van der Waals surface area contributed by atoms with E-state index in [1.54, 1.807) is 12.1 Å². The van der Waals surface area contributed by atoms with E-state index in [0.29, 0.717) is 0 Å². The predicted molar refractivity (Wildman–Crippen MR) is 47.4 cm³/mol. The molecular formula is C10H6F2O2. The first-order valence-corrected chi connectivity index (χ1v) is 3.99. The highest BCUT2D eigenvalue weighted by Gasteiger charge is 2.13. The summed E-state index contributed by atoms with van der Waals surface area (Å²) < 4.78 is 29.8. The van der Waals surface area contributed by atoms with Crippen LogP contribution in [0.25, 0.3) is 11.0 Å². The van der Waals surface area contributed by atoms with Crippen LogP contribution in [0.3, 0.4) is 0 Å². The molecule has 2 nitrogen and oxygen atoms in total. The molecule has 0 aliphatic rings. The van der Waals surface area contributed by atoms with Crippen LogP contribution in [0, 0.1) is 0 Å². The second kappa shape index (κ2) is 3.21. The van der Waals surface area contributed by atoms with Crippen LogP contribution in [0.1, 0.15) is 12.0 Å². The number of fused-ring (bicyclic) bond motifs is 1. The summed E-state index contributed by atoms with van der Waals surface area (Å²) >= 11 is 0. The van der Waals surface area contributed by atoms with Crippen LogP contribution in [0.4, 0.5) is 8.78 Å². The Morgan fingerprint density at radius 2 is 1.93 bits per heavy atom. The van der Waals surface area contributed by atoms with Gasteiger partial charge in [0, 0.05) is 17.0 Å². The Morgan fingerprint density at radius 1 is 1.21 bits per heavy atom. The lowest BCUT2D eigenvalue weighted by atomic mass is 10.1. The van der Waals surface area contributed by atoms with E-state index < -0.39 is 12.1 Å². The Morgan fingerprint density at radius 3 is 2.64 bits per heavy atom. The summed E-state index contributed by atoms with van der Waals surface area (Å²) in [5.41, 5.74) is -0.842. The van der Waals surface area contributed by atoms with Gasteiger partial charge in [-0.2, -0.15) is 0 Å². The zero-order valence-electron chi connectivity index (χ0n) is 7.04. The van der Waals surface area contributed by atoms with Gasteiger partial charge in [0.2, 0.25) is 0 Å². The summed E-state index contributed by atoms with van der Waals surface area (Å²) in [5.74, 6) is 0. The van der Waals surface area contributed by atoms with Crippen molar-refractivity contribution < 1.29 is 13.2 Å². The van der Waals surface area contributed by atoms with Gasteiger partial charge in [-0.1, -0.05) is 18.2 Å². The number of para-hydroxylation sites is 1. The molecule has 0 bridgehead atoms. The molecule has 0 N–H and O–H groups in total. The van der Waals surface area contributed by atoms with Gasteiger partial charge < -0.3 is 4.42 Å². The second-order valence-electron chi connectivity index (χ2n) is 2.82. The van der Waals surface area contributed by atoms with E-state index in [-0.39, 0.29) is 16.5 Å². The van der Waals surface area contributed by atoms with Crippen LogP contribution in [0.5, 0.6) is 0 Å². The summed E-state index contributed by atoms with van der Waals surface area (Å²) in [6, 6.07) is 7.06. The van der Waals surface area contributed by atoms with Crippen LogP contribution in [0.15, 0.2) is 39.5 Å². The van der Waals surface area contributed by atoms with E-state index in [1.165, 1.54) is 12.1 Å². The van der Waals surface area contributed by atoms with Gasteiger partial charge in [0.05, 0.1) is 0 Å². The molecule has 0 amide bonds. The molecule has 0 saturated heterocycles. The Kier molecular flexibility index (Phi) is 2.04. The number of halogens is 2. The lowest BCUT2D eigenvalue weighted by Gasteiger charge is -2.02. The quantitative estimate of drug-likeness (QED) is 0.656. The SMILES string of the molecule is O=c1cc(C(F)F)c2ccccc2o1. The van der Waals surface area contributed by atoms with Gasteiger partial charge in [0.1, 0.15) is 5.58 Å². The molecule has 4 heteroatoms. The largest absolute Gasteiger partial charge is 0.423 e.